The molecule has 0 aliphatic carbocycles. The number of nitrogens with zero attached hydrogens (tertiary/aromatic N) is 3. The van der Waals surface area contributed by atoms with Gasteiger partial charge in [0.05, 0.1) is 6.61 Å². The van der Waals surface area contributed by atoms with Crippen LogP contribution in [0.1, 0.15) is 26.2 Å². The first-order valence-corrected chi connectivity index (χ1v) is 10.1. The Morgan fingerprint density at radius 2 is 2.00 bits per heavy atom. The lowest BCUT2D eigenvalue weighted by Crippen LogP contribution is -2.48. The minimum absolute atomic E-state index is 0.307. The van der Waals surface area contributed by atoms with Crippen LogP contribution in [0.15, 0.2) is 50.9 Å². The Morgan fingerprint density at radius 3 is 2.59 bits per heavy atom. The molecule has 1 aromatic carbocycles. The highest BCUT2D eigenvalue weighted by Crippen LogP contribution is 2.39. The maximum absolute atomic E-state index is 11.4. The second-order valence-electron chi connectivity index (χ2n) is 7.27. The molecule has 1 aromatic rings. The van der Waals surface area contributed by atoms with Gasteiger partial charge in [-0.3, -0.25) is 9.69 Å². The number of carbonyl (C=O) groups excluding carboxylic acids is 1. The van der Waals surface area contributed by atoms with Gasteiger partial charge < -0.3 is 15.4 Å². The van der Waals surface area contributed by atoms with E-state index < -0.39 is 0 Å². The third-order valence-electron chi connectivity index (χ3n) is 5.36. The van der Waals surface area contributed by atoms with Gasteiger partial charge in [-0.25, -0.2) is 0 Å². The Morgan fingerprint density at radius 1 is 1.30 bits per heavy atom. The molecule has 7 heteroatoms. The fourth-order valence-corrected chi connectivity index (χ4v) is 4.35. The normalized spacial score (nSPS) is 20.5. The van der Waals surface area contributed by atoms with Crippen LogP contribution in [0, 0.1) is 5.41 Å². The van der Waals surface area contributed by atoms with Crippen LogP contribution in [0.3, 0.4) is 0 Å². The second-order valence-corrected chi connectivity index (χ2v) is 8.56. The van der Waals surface area contributed by atoms with Crippen molar-refractivity contribution in [1.29, 1.82) is 0 Å². The van der Waals surface area contributed by atoms with E-state index in [1.807, 2.05) is 37.3 Å². The fourth-order valence-electron chi connectivity index (χ4n) is 3.55. The van der Waals surface area contributed by atoms with Gasteiger partial charge in [-0.15, -0.1) is 0 Å². The second kappa shape index (κ2) is 8.80. The number of hydrogen-bond donors (Lipinski definition) is 1. The molecule has 0 unspecified atom stereocenters. The zero-order valence-corrected chi connectivity index (χ0v) is 16.9. The monoisotopic (exact) mass is 388 g/mol. The average Bonchev–Trinajstić information content (AvgIpc) is 3.15. The van der Waals surface area contributed by atoms with Crippen LogP contribution in [0.2, 0.25) is 0 Å². The van der Waals surface area contributed by atoms with E-state index in [-0.39, 0.29) is 0 Å². The zero-order chi connectivity index (χ0) is 19.3. The summed E-state index contributed by atoms with van der Waals surface area (Å²) in [6.07, 6.45) is 4.03. The molecule has 0 aromatic heterocycles. The Kier molecular flexibility index (Phi) is 6.44. The molecule has 2 fully saturated rings. The summed E-state index contributed by atoms with van der Waals surface area (Å²) in [5.74, 6) is 1.06. The number of nitrogens with two attached hydrogens (primary N) is 1. The van der Waals surface area contributed by atoms with Gasteiger partial charge in [0.2, 0.25) is 12.4 Å². The Hall–Kier alpha value is -1.99. The van der Waals surface area contributed by atoms with Crippen molar-refractivity contribution in [2.75, 3.05) is 33.4 Å². The Labute approximate surface area is 165 Å². The molecule has 2 saturated heterocycles. The van der Waals surface area contributed by atoms with E-state index in [2.05, 4.69) is 9.89 Å². The van der Waals surface area contributed by atoms with Gasteiger partial charge in [-0.05, 0) is 43.7 Å². The molecule has 2 heterocycles. The van der Waals surface area contributed by atoms with Crippen molar-refractivity contribution in [1.82, 2.24) is 9.80 Å². The van der Waals surface area contributed by atoms with E-state index in [0.717, 1.165) is 61.8 Å². The maximum Gasteiger partial charge on any atom is 0.216 e. The van der Waals surface area contributed by atoms with Crippen LogP contribution in [-0.2, 0) is 9.53 Å². The molecular formula is C20H28N4O2S. The van der Waals surface area contributed by atoms with Crippen LogP contribution >= 0.6 is 11.8 Å². The van der Waals surface area contributed by atoms with Gasteiger partial charge in [0.25, 0.3) is 0 Å². The zero-order valence-electron chi connectivity index (χ0n) is 16.1. The lowest BCUT2D eigenvalue weighted by Gasteiger charge is -2.40. The molecule has 0 bridgehead atoms. The molecule has 1 spiro atoms. The summed E-state index contributed by atoms with van der Waals surface area (Å²) in [5, 5.41) is 0. The number of ether oxygens (including phenoxy) is 1. The molecule has 0 saturated carbocycles. The SMILES string of the molecule is C/C(Sc1ccccc1)=C(/N)N=C(N(C)C=O)N1CCC2(CCOC2)CC1. The number of carbonyl (C=O) groups is 1. The molecule has 2 aliphatic heterocycles. The third kappa shape index (κ3) is 4.84. The number of likely N-dealkylation sites (tertiary alicyclic amines) is 1. The highest BCUT2D eigenvalue weighted by atomic mass is 32.2. The number of rotatable bonds is 4. The first-order valence-electron chi connectivity index (χ1n) is 9.32. The quantitative estimate of drug-likeness (QED) is 0.372. The number of piperidine rings is 1. The molecule has 3 rings (SSSR count). The summed E-state index contributed by atoms with van der Waals surface area (Å²) in [4.78, 5) is 21.7. The summed E-state index contributed by atoms with van der Waals surface area (Å²) < 4.78 is 5.61. The van der Waals surface area contributed by atoms with Crippen LogP contribution in [0.25, 0.3) is 0 Å². The predicted molar refractivity (Wildman–Crippen MR) is 109 cm³/mol. The third-order valence-corrected chi connectivity index (χ3v) is 6.38. The van der Waals surface area contributed by atoms with E-state index >= 15 is 0 Å². The first-order chi connectivity index (χ1) is 13.0. The topological polar surface area (TPSA) is 71.2 Å². The Bertz CT molecular complexity index is 704. The van der Waals surface area contributed by atoms with E-state index in [4.69, 9.17) is 10.5 Å². The molecule has 27 heavy (non-hydrogen) atoms. The summed E-state index contributed by atoms with van der Waals surface area (Å²) in [6, 6.07) is 10.1. The van der Waals surface area contributed by atoms with Crippen LogP contribution in [-0.4, -0.2) is 55.5 Å². The summed E-state index contributed by atoms with van der Waals surface area (Å²) >= 11 is 1.58. The van der Waals surface area contributed by atoms with Crippen molar-refractivity contribution in [3.05, 3.63) is 41.1 Å². The van der Waals surface area contributed by atoms with Gasteiger partial charge in [-0.2, -0.15) is 4.99 Å². The molecular weight excluding hydrogens is 360 g/mol. The first kappa shape index (κ1) is 19.8. The highest BCUT2D eigenvalue weighted by molar-refractivity contribution is 8.03. The van der Waals surface area contributed by atoms with Crippen LogP contribution in [0.5, 0.6) is 0 Å². The Balaban J connectivity index is 1.75. The molecule has 1 amide bonds. The van der Waals surface area contributed by atoms with E-state index in [9.17, 15) is 4.79 Å². The number of aliphatic imine (C=N–C) groups is 1. The van der Waals surface area contributed by atoms with E-state index in [0.29, 0.717) is 17.2 Å². The maximum atomic E-state index is 11.4. The van der Waals surface area contributed by atoms with Crippen molar-refractivity contribution < 1.29 is 9.53 Å². The largest absolute Gasteiger partial charge is 0.383 e. The van der Waals surface area contributed by atoms with Gasteiger partial charge in [0.15, 0.2) is 0 Å². The number of amides is 1. The number of allylic oxidation sites excluding steroid dienone is 1. The van der Waals surface area contributed by atoms with Crippen LogP contribution in [0.4, 0.5) is 0 Å². The number of benzene rings is 1. The van der Waals surface area contributed by atoms with Crippen LogP contribution < -0.4 is 5.73 Å². The smallest absolute Gasteiger partial charge is 0.216 e. The molecule has 0 radical (unpaired) electrons. The number of thioether (sulfide) groups is 1. The molecule has 2 N–H and O–H groups in total. The van der Waals surface area contributed by atoms with Crippen molar-refractivity contribution in [3.8, 4) is 0 Å². The molecule has 146 valence electrons. The minimum Gasteiger partial charge on any atom is -0.383 e. The number of hydrogen-bond acceptors (Lipinski definition) is 5. The standard InChI is InChI=1S/C20H28N4O2S/c1-16(27-17-6-4-3-5-7-17)18(21)22-19(23(2)15-25)24-11-8-20(9-12-24)10-13-26-14-20/h3-7,15H,8-14,21H2,1-2H3/b18-16+,22-19?. The van der Waals surface area contributed by atoms with Gasteiger partial charge in [-0.1, -0.05) is 30.0 Å². The van der Waals surface area contributed by atoms with Crippen molar-refractivity contribution >= 4 is 24.1 Å². The highest BCUT2D eigenvalue weighted by Gasteiger charge is 2.39. The summed E-state index contributed by atoms with van der Waals surface area (Å²) in [6.45, 7) is 5.39. The predicted octanol–water partition coefficient (Wildman–Crippen LogP) is 2.87. The van der Waals surface area contributed by atoms with Gasteiger partial charge in [0.1, 0.15) is 5.82 Å². The van der Waals surface area contributed by atoms with Crippen molar-refractivity contribution in [2.24, 2.45) is 16.1 Å². The average molecular weight is 389 g/mol. The number of guanidine groups is 1. The van der Waals surface area contributed by atoms with Gasteiger partial charge >= 0.3 is 0 Å². The summed E-state index contributed by atoms with van der Waals surface area (Å²) in [5.41, 5.74) is 6.57. The van der Waals surface area contributed by atoms with E-state index in [1.54, 1.807) is 18.8 Å². The van der Waals surface area contributed by atoms with Gasteiger partial charge in [0, 0.05) is 36.5 Å². The lowest BCUT2D eigenvalue weighted by molar-refractivity contribution is -0.114. The molecule has 2 aliphatic rings. The molecule has 6 nitrogen and oxygen atoms in total. The lowest BCUT2D eigenvalue weighted by atomic mass is 9.78. The van der Waals surface area contributed by atoms with Crippen molar-refractivity contribution in [2.45, 2.75) is 31.1 Å². The summed E-state index contributed by atoms with van der Waals surface area (Å²) in [7, 11) is 1.72. The van der Waals surface area contributed by atoms with Crippen molar-refractivity contribution in [3.63, 3.8) is 0 Å². The minimum atomic E-state index is 0.307. The fraction of sp³-hybridized carbons (Fsp3) is 0.500. The molecule has 0 atom stereocenters. The van der Waals surface area contributed by atoms with E-state index in [1.165, 1.54) is 4.90 Å².